The molecule has 1 fully saturated rings. The van der Waals surface area contributed by atoms with Crippen LogP contribution in [0.5, 0.6) is 11.5 Å². The molecular formula is C19H15FN2O5. The maximum Gasteiger partial charge on any atom is 0.270 e. The van der Waals surface area contributed by atoms with Crippen LogP contribution in [0.15, 0.2) is 48.0 Å². The average Bonchev–Trinajstić information content (AvgIpc) is 3.23. The van der Waals surface area contributed by atoms with E-state index in [-0.39, 0.29) is 11.3 Å². The fourth-order valence-corrected chi connectivity index (χ4v) is 3.13. The van der Waals surface area contributed by atoms with Gasteiger partial charge >= 0.3 is 0 Å². The Balaban J connectivity index is 1.77. The lowest BCUT2D eigenvalue weighted by atomic mass is 10.0. The molecule has 138 valence electrons. The van der Waals surface area contributed by atoms with Gasteiger partial charge in [-0.1, -0.05) is 0 Å². The molecule has 4 rings (SSSR count). The van der Waals surface area contributed by atoms with Crippen LogP contribution in [0.4, 0.5) is 10.1 Å². The second kappa shape index (κ2) is 6.40. The monoisotopic (exact) mass is 370 g/mol. The Labute approximate surface area is 153 Å². The molecule has 2 aliphatic heterocycles. The van der Waals surface area contributed by atoms with Crippen molar-refractivity contribution in [2.45, 2.75) is 6.10 Å². The molecule has 27 heavy (non-hydrogen) atoms. The zero-order valence-corrected chi connectivity index (χ0v) is 14.5. The van der Waals surface area contributed by atoms with E-state index in [1.807, 2.05) is 0 Å². The van der Waals surface area contributed by atoms with E-state index in [2.05, 4.69) is 5.48 Å². The van der Waals surface area contributed by atoms with Gasteiger partial charge in [-0.25, -0.2) is 9.29 Å². The first-order chi connectivity index (χ1) is 13.0. The predicted octanol–water partition coefficient (Wildman–Crippen LogP) is 2.03. The molecular weight excluding hydrogens is 355 g/mol. The number of methoxy groups -OCH3 is 2. The average molecular weight is 370 g/mol. The summed E-state index contributed by atoms with van der Waals surface area (Å²) in [5, 5.41) is 0. The zero-order chi connectivity index (χ0) is 19.1. The maximum atomic E-state index is 13.2. The number of hydrogen-bond acceptors (Lipinski definition) is 6. The summed E-state index contributed by atoms with van der Waals surface area (Å²) < 4.78 is 23.7. The number of hydrogen-bond donors (Lipinski definition) is 1. The molecule has 7 nitrogen and oxygen atoms in total. The molecule has 0 aromatic heterocycles. The number of anilines is 1. The molecule has 0 aliphatic carbocycles. The van der Waals surface area contributed by atoms with Crippen molar-refractivity contribution >= 4 is 23.2 Å². The number of fused-ring (bicyclic) bond motifs is 1. The third-order valence-corrected chi connectivity index (χ3v) is 4.45. The van der Waals surface area contributed by atoms with E-state index < -0.39 is 23.7 Å². The van der Waals surface area contributed by atoms with Crippen LogP contribution in [-0.4, -0.2) is 32.1 Å². The van der Waals surface area contributed by atoms with Crippen molar-refractivity contribution in [3.8, 4) is 11.5 Å². The van der Waals surface area contributed by atoms with Crippen molar-refractivity contribution in [3.63, 3.8) is 0 Å². The standard InChI is InChI=1S/C19H15FN2O5/c1-25-13-8-3-10(9-14(13)26-2)16-15-17(27-21-16)19(24)22(18(15)23)12-6-4-11(20)5-7-12/h3-9,17,21H,1-2H3/t17-/m0/s1. The second-order valence-corrected chi connectivity index (χ2v) is 5.91. The lowest BCUT2D eigenvalue weighted by Crippen LogP contribution is -2.34. The summed E-state index contributed by atoms with van der Waals surface area (Å²) in [4.78, 5) is 31.9. The molecule has 8 heteroatoms. The third-order valence-electron chi connectivity index (χ3n) is 4.45. The van der Waals surface area contributed by atoms with E-state index in [1.165, 1.54) is 38.5 Å². The Kier molecular flexibility index (Phi) is 4.04. The molecule has 0 radical (unpaired) electrons. The van der Waals surface area contributed by atoms with Gasteiger partial charge in [-0.2, -0.15) is 0 Å². The number of carbonyl (C=O) groups excluding carboxylic acids is 2. The van der Waals surface area contributed by atoms with E-state index in [0.29, 0.717) is 22.8 Å². The molecule has 2 aliphatic rings. The Morgan fingerprint density at radius 2 is 1.74 bits per heavy atom. The number of amides is 2. The molecule has 0 unspecified atom stereocenters. The van der Waals surface area contributed by atoms with E-state index in [1.54, 1.807) is 18.2 Å². The van der Waals surface area contributed by atoms with Gasteiger partial charge in [-0.15, -0.1) is 0 Å². The predicted molar refractivity (Wildman–Crippen MR) is 93.4 cm³/mol. The van der Waals surface area contributed by atoms with Gasteiger partial charge in [0.15, 0.2) is 17.6 Å². The van der Waals surface area contributed by atoms with E-state index >= 15 is 0 Å². The number of imide groups is 1. The van der Waals surface area contributed by atoms with Crippen LogP contribution in [0, 0.1) is 5.82 Å². The molecule has 1 saturated heterocycles. The van der Waals surface area contributed by atoms with Crippen LogP contribution >= 0.6 is 0 Å². The van der Waals surface area contributed by atoms with Crippen LogP contribution in [0.25, 0.3) is 5.70 Å². The quantitative estimate of drug-likeness (QED) is 0.830. The molecule has 1 atom stereocenters. The van der Waals surface area contributed by atoms with Crippen LogP contribution < -0.4 is 19.9 Å². The fraction of sp³-hybridized carbons (Fsp3) is 0.158. The Morgan fingerprint density at radius 1 is 1.04 bits per heavy atom. The second-order valence-electron chi connectivity index (χ2n) is 5.91. The topological polar surface area (TPSA) is 77.1 Å². The van der Waals surface area contributed by atoms with Crippen molar-refractivity contribution < 1.29 is 28.3 Å². The van der Waals surface area contributed by atoms with Crippen molar-refractivity contribution in [2.24, 2.45) is 0 Å². The highest BCUT2D eigenvalue weighted by molar-refractivity contribution is 6.33. The van der Waals surface area contributed by atoms with Crippen LogP contribution in [0.2, 0.25) is 0 Å². The number of carbonyl (C=O) groups is 2. The fourth-order valence-electron chi connectivity index (χ4n) is 3.13. The van der Waals surface area contributed by atoms with Gasteiger partial charge in [0, 0.05) is 5.56 Å². The van der Waals surface area contributed by atoms with E-state index in [9.17, 15) is 14.0 Å². The number of halogens is 1. The largest absolute Gasteiger partial charge is 0.493 e. The molecule has 0 saturated carbocycles. The lowest BCUT2D eigenvalue weighted by Gasteiger charge is -2.16. The lowest BCUT2D eigenvalue weighted by molar-refractivity contribution is -0.127. The third kappa shape index (κ3) is 2.61. The molecule has 1 N–H and O–H groups in total. The van der Waals surface area contributed by atoms with Gasteiger partial charge in [-0.05, 0) is 42.5 Å². The number of nitrogens with zero attached hydrogens (tertiary/aromatic N) is 1. The minimum absolute atomic E-state index is 0.191. The Morgan fingerprint density at radius 3 is 2.41 bits per heavy atom. The van der Waals surface area contributed by atoms with Gasteiger partial charge in [0.25, 0.3) is 11.8 Å². The van der Waals surface area contributed by atoms with Crippen LogP contribution in [0.3, 0.4) is 0 Å². The Hall–Kier alpha value is -3.39. The summed E-state index contributed by atoms with van der Waals surface area (Å²) in [6.45, 7) is 0. The number of nitrogens with one attached hydrogen (secondary N) is 1. The molecule has 0 spiro atoms. The highest BCUT2D eigenvalue weighted by Crippen LogP contribution is 2.38. The summed E-state index contributed by atoms with van der Waals surface area (Å²) in [6.07, 6.45) is -1.06. The van der Waals surface area contributed by atoms with Crippen LogP contribution in [-0.2, 0) is 14.4 Å². The highest BCUT2D eigenvalue weighted by Gasteiger charge is 2.50. The number of hydroxylamine groups is 1. The van der Waals surface area contributed by atoms with Crippen molar-refractivity contribution in [1.82, 2.24) is 5.48 Å². The van der Waals surface area contributed by atoms with E-state index in [0.717, 1.165) is 4.90 Å². The highest BCUT2D eigenvalue weighted by atomic mass is 19.1. The smallest absolute Gasteiger partial charge is 0.270 e. The minimum atomic E-state index is -1.06. The van der Waals surface area contributed by atoms with Crippen molar-refractivity contribution in [2.75, 3.05) is 19.1 Å². The summed E-state index contributed by atoms with van der Waals surface area (Å²) in [5.41, 5.74) is 4.12. The first-order valence-electron chi connectivity index (χ1n) is 8.07. The van der Waals surface area contributed by atoms with Gasteiger partial charge < -0.3 is 9.47 Å². The molecule has 0 bridgehead atoms. The molecule has 2 heterocycles. The van der Waals surface area contributed by atoms with Crippen molar-refractivity contribution in [3.05, 3.63) is 59.4 Å². The zero-order valence-electron chi connectivity index (χ0n) is 14.5. The maximum absolute atomic E-state index is 13.2. The van der Waals surface area contributed by atoms with Gasteiger partial charge in [0.05, 0.1) is 31.2 Å². The number of benzene rings is 2. The summed E-state index contributed by atoms with van der Waals surface area (Å²) in [5.74, 6) is -0.512. The van der Waals surface area contributed by atoms with Crippen LogP contribution in [0.1, 0.15) is 5.56 Å². The van der Waals surface area contributed by atoms with Gasteiger partial charge in [0.2, 0.25) is 0 Å². The minimum Gasteiger partial charge on any atom is -0.493 e. The summed E-state index contributed by atoms with van der Waals surface area (Å²) in [7, 11) is 3.02. The van der Waals surface area contributed by atoms with Gasteiger partial charge in [-0.3, -0.25) is 19.9 Å². The first kappa shape index (κ1) is 17.0. The van der Waals surface area contributed by atoms with Crippen molar-refractivity contribution in [1.29, 1.82) is 0 Å². The molecule has 2 aromatic carbocycles. The SMILES string of the molecule is COc1ccc(C2=C3C(=O)N(c4ccc(F)cc4)C(=O)[C@H]3ON2)cc1OC. The number of rotatable bonds is 4. The number of ether oxygens (including phenoxy) is 2. The molecule has 2 amide bonds. The summed E-state index contributed by atoms with van der Waals surface area (Å²) in [6, 6.07) is 10.2. The summed E-state index contributed by atoms with van der Waals surface area (Å²) >= 11 is 0. The Bertz CT molecular complexity index is 971. The molecule has 2 aromatic rings. The first-order valence-corrected chi connectivity index (χ1v) is 8.07. The van der Waals surface area contributed by atoms with Gasteiger partial charge in [0.1, 0.15) is 5.82 Å². The van der Waals surface area contributed by atoms with E-state index in [4.69, 9.17) is 14.3 Å². The normalized spacial score (nSPS) is 18.6.